The summed E-state index contributed by atoms with van der Waals surface area (Å²) in [5.41, 5.74) is 0.807. The molecule has 2 heterocycles. The van der Waals surface area contributed by atoms with Gasteiger partial charge in [-0.15, -0.1) is 0 Å². The van der Waals surface area contributed by atoms with Crippen molar-refractivity contribution in [2.24, 2.45) is 5.92 Å². The van der Waals surface area contributed by atoms with Gasteiger partial charge >= 0.3 is 0 Å². The highest BCUT2D eigenvalue weighted by Crippen LogP contribution is 2.29. The second kappa shape index (κ2) is 6.98. The molecule has 5 nitrogen and oxygen atoms in total. The Hall–Kier alpha value is -2.17. The van der Waals surface area contributed by atoms with Gasteiger partial charge in [0.2, 0.25) is 5.91 Å². The van der Waals surface area contributed by atoms with Crippen LogP contribution in [0.25, 0.3) is 0 Å². The highest BCUT2D eigenvalue weighted by Gasteiger charge is 2.44. The first-order chi connectivity index (χ1) is 11.9. The molecule has 1 fully saturated rings. The van der Waals surface area contributed by atoms with Crippen LogP contribution in [0.1, 0.15) is 67.2 Å². The van der Waals surface area contributed by atoms with Crippen LogP contribution in [0.2, 0.25) is 0 Å². The third-order valence-corrected chi connectivity index (χ3v) is 5.20. The lowest BCUT2D eigenvalue weighted by Gasteiger charge is -2.38. The Balaban J connectivity index is 1.93. The second-order valence-electron chi connectivity index (χ2n) is 7.55. The average molecular weight is 342 g/mol. The second-order valence-corrected chi connectivity index (χ2v) is 7.55. The van der Waals surface area contributed by atoms with E-state index in [9.17, 15) is 14.4 Å². The zero-order valence-electron chi connectivity index (χ0n) is 15.2. The molecule has 3 amide bonds. The highest BCUT2D eigenvalue weighted by molar-refractivity contribution is 6.22. The molecule has 0 radical (unpaired) electrons. The van der Waals surface area contributed by atoms with E-state index in [-0.39, 0.29) is 29.7 Å². The van der Waals surface area contributed by atoms with Crippen LogP contribution in [0.3, 0.4) is 0 Å². The van der Waals surface area contributed by atoms with Gasteiger partial charge in [-0.05, 0) is 50.7 Å². The molecule has 0 N–H and O–H groups in total. The number of hydrogen-bond acceptors (Lipinski definition) is 3. The number of benzene rings is 1. The lowest BCUT2D eigenvalue weighted by Crippen LogP contribution is -2.54. The van der Waals surface area contributed by atoms with Crippen LogP contribution in [0.5, 0.6) is 0 Å². The predicted octanol–water partition coefficient (Wildman–Crippen LogP) is 3.10. The van der Waals surface area contributed by atoms with E-state index in [1.165, 1.54) is 4.90 Å². The molecule has 0 aromatic heterocycles. The number of fused-ring (bicyclic) bond motifs is 1. The number of rotatable bonds is 4. The minimum absolute atomic E-state index is 0.0876. The summed E-state index contributed by atoms with van der Waals surface area (Å²) < 4.78 is 0. The molecule has 2 unspecified atom stereocenters. The SMILES string of the molecule is CC(C)CC(C(=O)N1CCCCC1C)N1C(=O)c2ccccc2C1=O. The van der Waals surface area contributed by atoms with Crippen molar-refractivity contribution >= 4 is 17.7 Å². The van der Waals surface area contributed by atoms with Gasteiger partial charge in [-0.1, -0.05) is 26.0 Å². The van der Waals surface area contributed by atoms with Gasteiger partial charge in [0.15, 0.2) is 0 Å². The van der Waals surface area contributed by atoms with Crippen LogP contribution in [0, 0.1) is 5.92 Å². The molecule has 1 saturated heterocycles. The maximum absolute atomic E-state index is 13.3. The van der Waals surface area contributed by atoms with Crippen molar-refractivity contribution in [1.82, 2.24) is 9.80 Å². The van der Waals surface area contributed by atoms with Crippen LogP contribution in [0.15, 0.2) is 24.3 Å². The Morgan fingerprint density at radius 1 is 1.12 bits per heavy atom. The van der Waals surface area contributed by atoms with Crippen LogP contribution < -0.4 is 0 Å². The molecule has 2 aliphatic heterocycles. The third-order valence-electron chi connectivity index (χ3n) is 5.20. The lowest BCUT2D eigenvalue weighted by atomic mass is 9.97. The molecule has 0 aliphatic carbocycles. The number of nitrogens with zero attached hydrogens (tertiary/aromatic N) is 2. The topological polar surface area (TPSA) is 57.7 Å². The van der Waals surface area contributed by atoms with Crippen molar-refractivity contribution in [3.63, 3.8) is 0 Å². The van der Waals surface area contributed by atoms with E-state index in [0.29, 0.717) is 24.1 Å². The Kier molecular flexibility index (Phi) is 4.93. The zero-order valence-corrected chi connectivity index (χ0v) is 15.2. The molecule has 2 atom stereocenters. The number of carbonyl (C=O) groups excluding carboxylic acids is 3. The Morgan fingerprint density at radius 3 is 2.24 bits per heavy atom. The fourth-order valence-electron chi connectivity index (χ4n) is 3.87. The largest absolute Gasteiger partial charge is 0.338 e. The van der Waals surface area contributed by atoms with Crippen LogP contribution in [-0.2, 0) is 4.79 Å². The van der Waals surface area contributed by atoms with Crippen LogP contribution >= 0.6 is 0 Å². The van der Waals surface area contributed by atoms with Gasteiger partial charge in [0, 0.05) is 12.6 Å². The van der Waals surface area contributed by atoms with E-state index >= 15 is 0 Å². The van der Waals surface area contributed by atoms with E-state index in [1.807, 2.05) is 25.7 Å². The van der Waals surface area contributed by atoms with Gasteiger partial charge in [0.25, 0.3) is 11.8 Å². The minimum atomic E-state index is -0.715. The first kappa shape index (κ1) is 17.6. The summed E-state index contributed by atoms with van der Waals surface area (Å²) in [5, 5.41) is 0. The molecular formula is C20H26N2O3. The van der Waals surface area contributed by atoms with Gasteiger partial charge in [-0.2, -0.15) is 0 Å². The first-order valence-electron chi connectivity index (χ1n) is 9.19. The minimum Gasteiger partial charge on any atom is -0.338 e. The number of carbonyl (C=O) groups is 3. The van der Waals surface area contributed by atoms with E-state index in [0.717, 1.165) is 19.3 Å². The van der Waals surface area contributed by atoms with E-state index in [2.05, 4.69) is 0 Å². The molecule has 25 heavy (non-hydrogen) atoms. The fraction of sp³-hybridized carbons (Fsp3) is 0.550. The molecule has 0 spiro atoms. The number of amides is 3. The van der Waals surface area contributed by atoms with Crippen molar-refractivity contribution in [2.45, 2.75) is 58.5 Å². The summed E-state index contributed by atoms with van der Waals surface area (Å²) in [4.78, 5) is 42.0. The Morgan fingerprint density at radius 2 is 1.72 bits per heavy atom. The maximum atomic E-state index is 13.3. The standard InChI is InChI=1S/C20H26N2O3/c1-13(2)12-17(20(25)21-11-7-6-8-14(21)3)22-18(23)15-9-4-5-10-16(15)19(22)24/h4-5,9-10,13-14,17H,6-8,11-12H2,1-3H3. The summed E-state index contributed by atoms with van der Waals surface area (Å²) >= 11 is 0. The summed E-state index contributed by atoms with van der Waals surface area (Å²) in [6, 6.07) is 6.27. The molecule has 0 saturated carbocycles. The summed E-state index contributed by atoms with van der Waals surface area (Å²) in [6.07, 6.45) is 3.56. The van der Waals surface area contributed by atoms with E-state index in [4.69, 9.17) is 0 Å². The average Bonchev–Trinajstić information content (AvgIpc) is 2.84. The van der Waals surface area contributed by atoms with Crippen molar-refractivity contribution in [3.8, 4) is 0 Å². The quantitative estimate of drug-likeness (QED) is 0.790. The third kappa shape index (κ3) is 3.20. The number of likely N-dealkylation sites (tertiary alicyclic amines) is 1. The molecular weight excluding hydrogens is 316 g/mol. The van der Waals surface area contributed by atoms with Gasteiger partial charge in [-0.25, -0.2) is 0 Å². The monoisotopic (exact) mass is 342 g/mol. The molecule has 3 rings (SSSR count). The Labute approximate surface area is 149 Å². The summed E-state index contributed by atoms with van der Waals surface area (Å²) in [5.74, 6) is -0.567. The number of piperidine rings is 1. The number of hydrogen-bond donors (Lipinski definition) is 0. The molecule has 5 heteroatoms. The van der Waals surface area contributed by atoms with Gasteiger partial charge in [0.1, 0.15) is 6.04 Å². The molecule has 2 aliphatic rings. The maximum Gasteiger partial charge on any atom is 0.262 e. The molecule has 134 valence electrons. The molecule has 0 bridgehead atoms. The van der Waals surface area contributed by atoms with E-state index in [1.54, 1.807) is 24.3 Å². The molecule has 1 aromatic carbocycles. The predicted molar refractivity (Wildman–Crippen MR) is 95.2 cm³/mol. The van der Waals surface area contributed by atoms with Crippen molar-refractivity contribution in [2.75, 3.05) is 6.54 Å². The summed E-state index contributed by atoms with van der Waals surface area (Å²) in [7, 11) is 0. The van der Waals surface area contributed by atoms with Gasteiger partial charge < -0.3 is 4.90 Å². The summed E-state index contributed by atoms with van der Waals surface area (Å²) in [6.45, 7) is 6.78. The van der Waals surface area contributed by atoms with E-state index < -0.39 is 6.04 Å². The van der Waals surface area contributed by atoms with Crippen LogP contribution in [0.4, 0.5) is 0 Å². The van der Waals surface area contributed by atoms with Crippen molar-refractivity contribution < 1.29 is 14.4 Å². The smallest absolute Gasteiger partial charge is 0.262 e. The first-order valence-corrected chi connectivity index (χ1v) is 9.19. The number of imide groups is 1. The van der Waals surface area contributed by atoms with Crippen molar-refractivity contribution in [3.05, 3.63) is 35.4 Å². The molecule has 1 aromatic rings. The zero-order chi connectivity index (χ0) is 18.1. The van der Waals surface area contributed by atoms with Gasteiger partial charge in [0.05, 0.1) is 11.1 Å². The highest BCUT2D eigenvalue weighted by atomic mass is 16.2. The normalized spacial score (nSPS) is 21.7. The van der Waals surface area contributed by atoms with Crippen LogP contribution in [-0.4, -0.2) is 46.1 Å². The Bertz CT molecular complexity index is 663. The van der Waals surface area contributed by atoms with Gasteiger partial charge in [-0.3, -0.25) is 19.3 Å². The lowest BCUT2D eigenvalue weighted by molar-refractivity contribution is -0.139. The fourth-order valence-corrected chi connectivity index (χ4v) is 3.87. The van der Waals surface area contributed by atoms with Crippen molar-refractivity contribution in [1.29, 1.82) is 0 Å².